The molecule has 1 rings (SSSR count). The van der Waals surface area contributed by atoms with Gasteiger partial charge in [0.1, 0.15) is 0 Å². The highest BCUT2D eigenvalue weighted by molar-refractivity contribution is 5.74. The van der Waals surface area contributed by atoms with Crippen LogP contribution in [0.25, 0.3) is 0 Å². The molecule has 2 unspecified atom stereocenters. The van der Waals surface area contributed by atoms with E-state index < -0.39 is 12.1 Å². The largest absolute Gasteiger partial charge is 0.464 e. The molecule has 0 aromatic rings. The van der Waals surface area contributed by atoms with Crippen LogP contribution in [0, 0.1) is 11.8 Å². The summed E-state index contributed by atoms with van der Waals surface area (Å²) in [5, 5.41) is 9.70. The third-order valence-electron chi connectivity index (χ3n) is 2.52. The van der Waals surface area contributed by atoms with Crippen molar-refractivity contribution in [2.45, 2.75) is 25.9 Å². The van der Waals surface area contributed by atoms with Gasteiger partial charge < -0.3 is 14.6 Å². The molecule has 1 fully saturated rings. The van der Waals surface area contributed by atoms with Gasteiger partial charge in [0.15, 0.2) is 6.10 Å². The normalized spacial score (nSPS) is 20.2. The molecule has 1 saturated carbocycles. The molecule has 0 heterocycles. The van der Waals surface area contributed by atoms with Gasteiger partial charge in [0.25, 0.3) is 0 Å². The summed E-state index contributed by atoms with van der Waals surface area (Å²) in [5.74, 6) is -0.199. The van der Waals surface area contributed by atoms with E-state index in [1.165, 1.54) is 0 Å². The maximum absolute atomic E-state index is 11.3. The SMILES string of the molecule is CCOC(=O)C(O)C(COC)C1CC1. The van der Waals surface area contributed by atoms with Crippen molar-refractivity contribution in [3.8, 4) is 0 Å². The van der Waals surface area contributed by atoms with Gasteiger partial charge in [0.05, 0.1) is 13.2 Å². The molecule has 0 spiro atoms. The summed E-state index contributed by atoms with van der Waals surface area (Å²) in [6.45, 7) is 2.46. The molecule has 0 radical (unpaired) electrons. The van der Waals surface area contributed by atoms with Crippen molar-refractivity contribution >= 4 is 5.97 Å². The lowest BCUT2D eigenvalue weighted by molar-refractivity contribution is -0.157. The first kappa shape index (κ1) is 11.5. The highest BCUT2D eigenvalue weighted by Gasteiger charge is 2.39. The second kappa shape index (κ2) is 5.32. The maximum atomic E-state index is 11.3. The molecule has 1 aliphatic carbocycles. The Morgan fingerprint density at radius 1 is 1.57 bits per heavy atom. The lowest BCUT2D eigenvalue weighted by Gasteiger charge is -2.20. The van der Waals surface area contributed by atoms with E-state index in [2.05, 4.69) is 0 Å². The molecule has 0 aromatic carbocycles. The Morgan fingerprint density at radius 2 is 2.21 bits per heavy atom. The van der Waals surface area contributed by atoms with E-state index in [9.17, 15) is 9.90 Å². The quantitative estimate of drug-likeness (QED) is 0.640. The Hall–Kier alpha value is -0.610. The third kappa shape index (κ3) is 2.96. The zero-order valence-corrected chi connectivity index (χ0v) is 8.73. The van der Waals surface area contributed by atoms with Crippen LogP contribution in [-0.2, 0) is 14.3 Å². The molecule has 2 atom stereocenters. The molecule has 0 aromatic heterocycles. The Kier molecular flexibility index (Phi) is 4.35. The summed E-state index contributed by atoms with van der Waals surface area (Å²) in [6.07, 6.45) is 1.12. The number of hydrogen-bond donors (Lipinski definition) is 1. The van der Waals surface area contributed by atoms with E-state index in [1.807, 2.05) is 0 Å². The predicted octanol–water partition coefficient (Wildman–Crippen LogP) is 0.583. The van der Waals surface area contributed by atoms with Gasteiger partial charge in [-0.2, -0.15) is 0 Å². The van der Waals surface area contributed by atoms with Gasteiger partial charge >= 0.3 is 5.97 Å². The number of aliphatic hydroxyl groups excluding tert-OH is 1. The van der Waals surface area contributed by atoms with Gasteiger partial charge in [-0.3, -0.25) is 0 Å². The van der Waals surface area contributed by atoms with Crippen molar-refractivity contribution in [2.75, 3.05) is 20.3 Å². The van der Waals surface area contributed by atoms with Crippen LogP contribution in [0.4, 0.5) is 0 Å². The molecule has 14 heavy (non-hydrogen) atoms. The van der Waals surface area contributed by atoms with Crippen molar-refractivity contribution in [3.63, 3.8) is 0 Å². The lowest BCUT2D eigenvalue weighted by atomic mass is 9.98. The fourth-order valence-corrected chi connectivity index (χ4v) is 1.60. The van der Waals surface area contributed by atoms with Crippen LogP contribution in [0.5, 0.6) is 0 Å². The van der Waals surface area contributed by atoms with Crippen LogP contribution in [0.2, 0.25) is 0 Å². The van der Waals surface area contributed by atoms with E-state index in [4.69, 9.17) is 9.47 Å². The smallest absolute Gasteiger partial charge is 0.335 e. The lowest BCUT2D eigenvalue weighted by Crippen LogP contribution is -2.35. The molecule has 1 N–H and O–H groups in total. The van der Waals surface area contributed by atoms with Gasteiger partial charge in [-0.15, -0.1) is 0 Å². The first-order valence-electron chi connectivity index (χ1n) is 5.04. The van der Waals surface area contributed by atoms with E-state index in [0.29, 0.717) is 19.1 Å². The molecule has 4 heteroatoms. The minimum Gasteiger partial charge on any atom is -0.464 e. The fourth-order valence-electron chi connectivity index (χ4n) is 1.60. The molecule has 4 nitrogen and oxygen atoms in total. The van der Waals surface area contributed by atoms with E-state index >= 15 is 0 Å². The number of rotatable bonds is 6. The number of carbonyl (C=O) groups excluding carboxylic acids is 1. The molecule has 0 bridgehead atoms. The molecular formula is C10H18O4. The number of hydrogen-bond acceptors (Lipinski definition) is 4. The van der Waals surface area contributed by atoms with Crippen molar-refractivity contribution in [1.82, 2.24) is 0 Å². The van der Waals surface area contributed by atoms with Crippen LogP contribution >= 0.6 is 0 Å². The first-order chi connectivity index (χ1) is 6.70. The molecule has 0 saturated heterocycles. The summed E-state index contributed by atoms with van der Waals surface area (Å²) < 4.78 is 9.75. The number of methoxy groups -OCH3 is 1. The van der Waals surface area contributed by atoms with Crippen LogP contribution in [0.3, 0.4) is 0 Å². The second-order valence-corrected chi connectivity index (χ2v) is 3.65. The van der Waals surface area contributed by atoms with Gasteiger partial charge in [0, 0.05) is 13.0 Å². The van der Waals surface area contributed by atoms with E-state index in [1.54, 1.807) is 14.0 Å². The minimum absolute atomic E-state index is 0.0981. The van der Waals surface area contributed by atoms with Crippen LogP contribution in [0.1, 0.15) is 19.8 Å². The summed E-state index contributed by atoms with van der Waals surface area (Å²) in [4.78, 5) is 11.3. The second-order valence-electron chi connectivity index (χ2n) is 3.65. The Bertz CT molecular complexity index is 189. The summed E-state index contributed by atoms with van der Waals surface area (Å²) >= 11 is 0. The Balaban J connectivity index is 2.44. The van der Waals surface area contributed by atoms with Gasteiger partial charge in [-0.1, -0.05) is 0 Å². The topological polar surface area (TPSA) is 55.8 Å². The van der Waals surface area contributed by atoms with E-state index in [0.717, 1.165) is 12.8 Å². The summed E-state index contributed by atoms with van der Waals surface area (Å²) in [6, 6.07) is 0. The number of ether oxygens (including phenoxy) is 2. The van der Waals surface area contributed by atoms with Crippen molar-refractivity contribution < 1.29 is 19.4 Å². The third-order valence-corrected chi connectivity index (χ3v) is 2.52. The van der Waals surface area contributed by atoms with E-state index in [-0.39, 0.29) is 5.92 Å². The van der Waals surface area contributed by atoms with Crippen LogP contribution in [-0.4, -0.2) is 37.5 Å². The fraction of sp³-hybridized carbons (Fsp3) is 0.900. The monoisotopic (exact) mass is 202 g/mol. The highest BCUT2D eigenvalue weighted by Crippen LogP contribution is 2.38. The average Bonchev–Trinajstić information content (AvgIpc) is 2.97. The molecule has 82 valence electrons. The van der Waals surface area contributed by atoms with Gasteiger partial charge in [-0.25, -0.2) is 4.79 Å². The molecule has 1 aliphatic rings. The highest BCUT2D eigenvalue weighted by atomic mass is 16.5. The molecule has 0 aliphatic heterocycles. The number of aliphatic hydroxyl groups is 1. The first-order valence-corrected chi connectivity index (χ1v) is 5.04. The Morgan fingerprint density at radius 3 is 2.64 bits per heavy atom. The van der Waals surface area contributed by atoms with Crippen LogP contribution in [0.15, 0.2) is 0 Å². The van der Waals surface area contributed by atoms with Crippen molar-refractivity contribution in [1.29, 1.82) is 0 Å². The standard InChI is InChI=1S/C10H18O4/c1-3-14-10(12)9(11)8(6-13-2)7-4-5-7/h7-9,11H,3-6H2,1-2H3. The number of esters is 1. The molecule has 0 amide bonds. The zero-order valence-electron chi connectivity index (χ0n) is 8.73. The van der Waals surface area contributed by atoms with Gasteiger partial charge in [-0.05, 0) is 25.7 Å². The maximum Gasteiger partial charge on any atom is 0.335 e. The minimum atomic E-state index is -1.03. The summed E-state index contributed by atoms with van der Waals surface area (Å²) in [7, 11) is 1.58. The van der Waals surface area contributed by atoms with Crippen molar-refractivity contribution in [3.05, 3.63) is 0 Å². The van der Waals surface area contributed by atoms with Crippen molar-refractivity contribution in [2.24, 2.45) is 11.8 Å². The number of carbonyl (C=O) groups is 1. The Labute approximate surface area is 84.2 Å². The molecular weight excluding hydrogens is 184 g/mol. The summed E-state index contributed by atoms with van der Waals surface area (Å²) in [5.41, 5.74) is 0. The average molecular weight is 202 g/mol. The van der Waals surface area contributed by atoms with Crippen LogP contribution < -0.4 is 0 Å². The van der Waals surface area contributed by atoms with Gasteiger partial charge in [0.2, 0.25) is 0 Å². The zero-order chi connectivity index (χ0) is 10.6. The predicted molar refractivity (Wildman–Crippen MR) is 50.7 cm³/mol.